The summed E-state index contributed by atoms with van der Waals surface area (Å²) in [4.78, 5) is 13.1. The van der Waals surface area contributed by atoms with Crippen LogP contribution in [0.15, 0.2) is 0 Å². The van der Waals surface area contributed by atoms with Gasteiger partial charge >= 0.3 is 6.18 Å². The summed E-state index contributed by atoms with van der Waals surface area (Å²) in [7, 11) is 0. The van der Waals surface area contributed by atoms with Gasteiger partial charge in [-0.05, 0) is 38.3 Å². The molecule has 0 saturated heterocycles. The fourth-order valence-corrected chi connectivity index (χ4v) is 2.51. The van der Waals surface area contributed by atoms with E-state index in [0.29, 0.717) is 6.54 Å². The van der Waals surface area contributed by atoms with Gasteiger partial charge in [0.05, 0.1) is 6.54 Å². The smallest absolute Gasteiger partial charge is 0.368 e. The van der Waals surface area contributed by atoms with Crippen LogP contribution in [-0.2, 0) is 4.79 Å². The van der Waals surface area contributed by atoms with Crippen LogP contribution in [0.3, 0.4) is 0 Å². The molecule has 0 bridgehead atoms. The van der Waals surface area contributed by atoms with Crippen LogP contribution in [-0.4, -0.2) is 48.7 Å². The predicted octanol–water partition coefficient (Wildman–Crippen LogP) is 1.50. The van der Waals surface area contributed by atoms with E-state index in [0.717, 1.165) is 19.3 Å². The Labute approximate surface area is 117 Å². The Hall–Kier alpha value is -0.820. The number of rotatable bonds is 9. The van der Waals surface area contributed by atoms with Gasteiger partial charge in [-0.3, -0.25) is 9.69 Å². The van der Waals surface area contributed by atoms with E-state index in [1.807, 2.05) is 6.92 Å². The third-order valence-corrected chi connectivity index (χ3v) is 3.73. The van der Waals surface area contributed by atoms with E-state index in [4.69, 9.17) is 5.73 Å². The zero-order valence-corrected chi connectivity index (χ0v) is 12.1. The fourth-order valence-electron chi connectivity index (χ4n) is 2.51. The van der Waals surface area contributed by atoms with Crippen molar-refractivity contribution in [1.82, 2.24) is 10.2 Å². The van der Waals surface area contributed by atoms with Crippen LogP contribution in [0.25, 0.3) is 0 Å². The number of halogens is 3. The number of hydrogen-bond acceptors (Lipinski definition) is 3. The van der Waals surface area contributed by atoms with Gasteiger partial charge in [-0.15, -0.1) is 0 Å². The zero-order valence-electron chi connectivity index (χ0n) is 12.1. The second-order valence-electron chi connectivity index (χ2n) is 5.46. The van der Waals surface area contributed by atoms with Crippen molar-refractivity contribution in [2.45, 2.75) is 44.8 Å². The summed E-state index contributed by atoms with van der Waals surface area (Å²) in [5.41, 5.74) is 4.48. The molecule has 118 valence electrons. The van der Waals surface area contributed by atoms with Crippen molar-refractivity contribution in [3.05, 3.63) is 0 Å². The van der Waals surface area contributed by atoms with E-state index in [1.165, 1.54) is 4.90 Å². The monoisotopic (exact) mass is 295 g/mol. The maximum Gasteiger partial charge on any atom is 0.401 e. The Bertz CT molecular complexity index is 331. The van der Waals surface area contributed by atoms with E-state index in [1.54, 1.807) is 6.92 Å². The first-order valence-electron chi connectivity index (χ1n) is 7.09. The summed E-state index contributed by atoms with van der Waals surface area (Å²) in [5, 5.41) is 3.11. The SMILES string of the molecule is CCCNC(CN(CC)CC(F)(F)F)(C(N)=O)C1CC1. The fraction of sp³-hybridized carbons (Fsp3) is 0.923. The molecule has 0 aromatic rings. The average Bonchev–Trinajstić information content (AvgIpc) is 3.15. The number of alkyl halides is 3. The van der Waals surface area contributed by atoms with E-state index in [9.17, 15) is 18.0 Å². The molecule has 20 heavy (non-hydrogen) atoms. The molecule has 4 nitrogen and oxygen atoms in total. The summed E-state index contributed by atoms with van der Waals surface area (Å²) in [5.74, 6) is -0.497. The van der Waals surface area contributed by atoms with Crippen molar-refractivity contribution in [3.8, 4) is 0 Å². The standard InChI is InChI=1S/C13H24F3N3O/c1-3-7-18-12(11(17)20,10-5-6-10)8-19(4-2)9-13(14,15)16/h10,18H,3-9H2,1-2H3,(H2,17,20). The number of nitrogens with zero attached hydrogens (tertiary/aromatic N) is 1. The van der Waals surface area contributed by atoms with Gasteiger partial charge in [0, 0.05) is 6.54 Å². The molecule has 0 radical (unpaired) electrons. The molecule has 1 aliphatic carbocycles. The van der Waals surface area contributed by atoms with Crippen LogP contribution in [0.5, 0.6) is 0 Å². The number of carbonyl (C=O) groups is 1. The van der Waals surface area contributed by atoms with Gasteiger partial charge in [-0.25, -0.2) is 0 Å². The van der Waals surface area contributed by atoms with E-state index >= 15 is 0 Å². The Balaban J connectivity index is 2.83. The van der Waals surface area contributed by atoms with Crippen LogP contribution in [0.2, 0.25) is 0 Å². The summed E-state index contributed by atoms with van der Waals surface area (Å²) in [6, 6.07) is 0. The molecule has 1 fully saturated rings. The lowest BCUT2D eigenvalue weighted by molar-refractivity contribution is -0.150. The normalized spacial score (nSPS) is 19.1. The molecule has 0 aromatic heterocycles. The molecule has 1 amide bonds. The second-order valence-corrected chi connectivity index (χ2v) is 5.46. The Kier molecular flexibility index (Phi) is 5.82. The molecule has 7 heteroatoms. The van der Waals surface area contributed by atoms with Crippen molar-refractivity contribution in [1.29, 1.82) is 0 Å². The number of hydrogen-bond donors (Lipinski definition) is 2. The lowest BCUT2D eigenvalue weighted by Crippen LogP contribution is -2.64. The molecule has 3 N–H and O–H groups in total. The minimum absolute atomic E-state index is 0.0169. The molecule has 1 rings (SSSR count). The maximum atomic E-state index is 12.6. The van der Waals surface area contributed by atoms with E-state index in [-0.39, 0.29) is 19.0 Å². The third-order valence-electron chi connectivity index (χ3n) is 3.73. The van der Waals surface area contributed by atoms with Crippen LogP contribution in [0, 0.1) is 5.92 Å². The average molecular weight is 295 g/mol. The molecular weight excluding hydrogens is 271 g/mol. The predicted molar refractivity (Wildman–Crippen MR) is 71.1 cm³/mol. The van der Waals surface area contributed by atoms with Gasteiger partial charge in [0.1, 0.15) is 5.54 Å². The van der Waals surface area contributed by atoms with Crippen LogP contribution in [0.4, 0.5) is 13.2 Å². The van der Waals surface area contributed by atoms with Gasteiger partial charge in [-0.2, -0.15) is 13.2 Å². The van der Waals surface area contributed by atoms with E-state index < -0.39 is 24.2 Å². The highest BCUT2D eigenvalue weighted by molar-refractivity contribution is 5.86. The first-order chi connectivity index (χ1) is 9.25. The molecular formula is C13H24F3N3O. The lowest BCUT2D eigenvalue weighted by Gasteiger charge is -2.37. The van der Waals surface area contributed by atoms with Gasteiger partial charge in [-0.1, -0.05) is 13.8 Å². The van der Waals surface area contributed by atoms with Crippen molar-refractivity contribution in [2.75, 3.05) is 26.2 Å². The van der Waals surface area contributed by atoms with Crippen molar-refractivity contribution in [2.24, 2.45) is 11.7 Å². The molecule has 0 heterocycles. The number of nitrogens with one attached hydrogen (secondary N) is 1. The highest BCUT2D eigenvalue weighted by Gasteiger charge is 2.50. The van der Waals surface area contributed by atoms with Crippen molar-refractivity contribution in [3.63, 3.8) is 0 Å². The second kappa shape index (κ2) is 6.76. The molecule has 1 aliphatic rings. The number of likely N-dealkylation sites (N-methyl/N-ethyl adjacent to an activating group) is 1. The van der Waals surface area contributed by atoms with Crippen LogP contribution < -0.4 is 11.1 Å². The summed E-state index contributed by atoms with van der Waals surface area (Å²) < 4.78 is 37.7. The zero-order chi connectivity index (χ0) is 15.4. The van der Waals surface area contributed by atoms with E-state index in [2.05, 4.69) is 5.32 Å². The Morgan fingerprint density at radius 1 is 1.30 bits per heavy atom. The molecule has 1 atom stereocenters. The van der Waals surface area contributed by atoms with Gasteiger partial charge in [0.25, 0.3) is 0 Å². The number of primary amides is 1. The maximum absolute atomic E-state index is 12.6. The Morgan fingerprint density at radius 2 is 1.90 bits per heavy atom. The third kappa shape index (κ3) is 4.63. The number of nitrogens with two attached hydrogens (primary N) is 1. The highest BCUT2D eigenvalue weighted by Crippen LogP contribution is 2.40. The van der Waals surface area contributed by atoms with Crippen molar-refractivity contribution >= 4 is 5.91 Å². The van der Waals surface area contributed by atoms with Crippen molar-refractivity contribution < 1.29 is 18.0 Å². The van der Waals surface area contributed by atoms with Crippen LogP contribution in [0.1, 0.15) is 33.1 Å². The molecule has 1 unspecified atom stereocenters. The largest absolute Gasteiger partial charge is 0.401 e. The minimum Gasteiger partial charge on any atom is -0.368 e. The Morgan fingerprint density at radius 3 is 2.25 bits per heavy atom. The molecule has 0 aliphatic heterocycles. The number of amides is 1. The highest BCUT2D eigenvalue weighted by atomic mass is 19.4. The molecule has 1 saturated carbocycles. The quantitative estimate of drug-likeness (QED) is 0.678. The summed E-state index contributed by atoms with van der Waals surface area (Å²) in [6.45, 7) is 3.41. The first kappa shape index (κ1) is 17.2. The lowest BCUT2D eigenvalue weighted by atomic mass is 9.91. The molecule has 0 aromatic carbocycles. The van der Waals surface area contributed by atoms with Gasteiger partial charge in [0.15, 0.2) is 0 Å². The van der Waals surface area contributed by atoms with Crippen LogP contribution >= 0.6 is 0 Å². The first-order valence-corrected chi connectivity index (χ1v) is 7.09. The summed E-state index contributed by atoms with van der Waals surface area (Å²) in [6.07, 6.45) is -1.80. The number of carbonyl (C=O) groups excluding carboxylic acids is 1. The molecule has 0 spiro atoms. The van der Waals surface area contributed by atoms with Gasteiger partial charge in [0.2, 0.25) is 5.91 Å². The minimum atomic E-state index is -4.27. The van der Waals surface area contributed by atoms with Gasteiger partial charge < -0.3 is 11.1 Å². The topological polar surface area (TPSA) is 58.4 Å². The summed E-state index contributed by atoms with van der Waals surface area (Å²) >= 11 is 0.